The smallest absolute Gasteiger partial charge is 0.332 e. The van der Waals surface area contributed by atoms with Crippen LogP contribution in [0.25, 0.3) is 22.6 Å². The normalized spacial score (nSPS) is 14.6. The van der Waals surface area contributed by atoms with Crippen LogP contribution < -0.4 is 11.2 Å². The van der Waals surface area contributed by atoms with Gasteiger partial charge < -0.3 is 14.0 Å². The monoisotopic (exact) mass is 520 g/mol. The predicted molar refractivity (Wildman–Crippen MR) is 140 cm³/mol. The van der Waals surface area contributed by atoms with Gasteiger partial charge in [-0.3, -0.25) is 23.6 Å². The van der Waals surface area contributed by atoms with E-state index in [1.54, 1.807) is 7.05 Å². The van der Waals surface area contributed by atoms with Gasteiger partial charge in [-0.25, -0.2) is 9.78 Å². The van der Waals surface area contributed by atoms with Crippen molar-refractivity contribution in [1.82, 2.24) is 38.6 Å². The highest BCUT2D eigenvalue weighted by Crippen LogP contribution is 2.19. The van der Waals surface area contributed by atoms with Crippen LogP contribution in [0.1, 0.15) is 25.3 Å². The largest absolute Gasteiger partial charge is 0.339 e. The van der Waals surface area contributed by atoms with Crippen LogP contribution in [0.15, 0.2) is 44.7 Å². The van der Waals surface area contributed by atoms with E-state index in [4.69, 9.17) is 4.52 Å². The summed E-state index contributed by atoms with van der Waals surface area (Å²) in [6.45, 7) is 7.71. The van der Waals surface area contributed by atoms with E-state index in [-0.39, 0.29) is 23.6 Å². The van der Waals surface area contributed by atoms with E-state index >= 15 is 0 Å². The van der Waals surface area contributed by atoms with Crippen LogP contribution in [-0.2, 0) is 38.4 Å². The maximum absolute atomic E-state index is 13.0. The minimum absolute atomic E-state index is 0.000368. The summed E-state index contributed by atoms with van der Waals surface area (Å²) in [6.07, 6.45) is 2.21. The summed E-state index contributed by atoms with van der Waals surface area (Å²) in [5, 5.41) is 4.10. The number of benzene rings is 1. The molecule has 1 aliphatic rings. The molecule has 0 atom stereocenters. The average molecular weight is 521 g/mol. The molecular formula is C26H32N8O4. The molecule has 1 saturated heterocycles. The van der Waals surface area contributed by atoms with Crippen LogP contribution in [0.4, 0.5) is 0 Å². The van der Waals surface area contributed by atoms with Gasteiger partial charge in [-0.1, -0.05) is 43.3 Å². The van der Waals surface area contributed by atoms with Gasteiger partial charge in [0, 0.05) is 58.8 Å². The van der Waals surface area contributed by atoms with Crippen molar-refractivity contribution in [3.8, 4) is 11.4 Å². The Bertz CT molecular complexity index is 1570. The van der Waals surface area contributed by atoms with Crippen LogP contribution >= 0.6 is 0 Å². The van der Waals surface area contributed by atoms with Gasteiger partial charge in [-0.05, 0) is 11.5 Å². The Kier molecular flexibility index (Phi) is 6.98. The standard InChI is InChI=1S/C26H32N8O4/c1-17(2)13-20-28-23(29-38-20)19-7-5-18(6-8-19)14-32-9-11-33(12-10-32)21(35)15-34-16-27-24-22(34)25(36)31(4)26(37)30(24)3/h5-8,16-17H,9-15H2,1-4H3. The molecule has 0 unspecified atom stereocenters. The van der Waals surface area contributed by atoms with E-state index in [1.165, 1.54) is 28.1 Å². The minimum Gasteiger partial charge on any atom is -0.339 e. The van der Waals surface area contributed by atoms with Gasteiger partial charge in [-0.15, -0.1) is 0 Å². The molecule has 1 fully saturated rings. The third-order valence-corrected chi connectivity index (χ3v) is 6.92. The maximum atomic E-state index is 13.0. The lowest BCUT2D eigenvalue weighted by molar-refractivity contribution is -0.133. The van der Waals surface area contributed by atoms with Crippen molar-refractivity contribution >= 4 is 17.1 Å². The minimum atomic E-state index is -0.459. The number of carbonyl (C=O) groups is 1. The summed E-state index contributed by atoms with van der Waals surface area (Å²) in [4.78, 5) is 50.6. The zero-order valence-corrected chi connectivity index (χ0v) is 22.1. The fourth-order valence-corrected chi connectivity index (χ4v) is 4.74. The fourth-order valence-electron chi connectivity index (χ4n) is 4.74. The molecule has 0 aliphatic carbocycles. The molecule has 1 aromatic carbocycles. The van der Waals surface area contributed by atoms with Crippen molar-refractivity contribution in [1.29, 1.82) is 0 Å². The summed E-state index contributed by atoms with van der Waals surface area (Å²) in [6, 6.07) is 8.16. The number of piperazine rings is 1. The third-order valence-electron chi connectivity index (χ3n) is 6.92. The van der Waals surface area contributed by atoms with Crippen molar-refractivity contribution in [2.45, 2.75) is 33.4 Å². The Balaban J connectivity index is 1.17. The topological polar surface area (TPSA) is 124 Å². The third kappa shape index (κ3) is 5.03. The lowest BCUT2D eigenvalue weighted by Gasteiger charge is -2.34. The highest BCUT2D eigenvalue weighted by Gasteiger charge is 2.23. The van der Waals surface area contributed by atoms with E-state index in [2.05, 4.69) is 46.0 Å². The first-order valence-corrected chi connectivity index (χ1v) is 12.7. The number of aromatic nitrogens is 6. The van der Waals surface area contributed by atoms with E-state index in [0.29, 0.717) is 30.7 Å². The predicted octanol–water partition coefficient (Wildman–Crippen LogP) is 1.03. The van der Waals surface area contributed by atoms with Crippen LogP contribution in [0.5, 0.6) is 0 Å². The van der Waals surface area contributed by atoms with Gasteiger partial charge in [0.1, 0.15) is 6.54 Å². The highest BCUT2D eigenvalue weighted by molar-refractivity contribution is 5.79. The number of fused-ring (bicyclic) bond motifs is 1. The number of hydrogen-bond donors (Lipinski definition) is 0. The highest BCUT2D eigenvalue weighted by atomic mass is 16.5. The quantitative estimate of drug-likeness (QED) is 0.354. The molecule has 0 radical (unpaired) electrons. The number of carbonyl (C=O) groups excluding carboxylic acids is 1. The molecule has 1 aliphatic heterocycles. The summed E-state index contributed by atoms with van der Waals surface area (Å²) in [5.41, 5.74) is 1.71. The molecule has 4 heterocycles. The second-order valence-corrected chi connectivity index (χ2v) is 10.2. The number of rotatable bonds is 7. The number of imidazole rings is 1. The first-order chi connectivity index (χ1) is 18.2. The molecule has 12 heteroatoms. The van der Waals surface area contributed by atoms with Crippen molar-refractivity contribution in [3.63, 3.8) is 0 Å². The van der Waals surface area contributed by atoms with E-state index < -0.39 is 11.2 Å². The van der Waals surface area contributed by atoms with Crippen molar-refractivity contribution in [2.24, 2.45) is 20.0 Å². The fraction of sp³-hybridized carbons (Fsp3) is 0.462. The Labute approximate surface area is 219 Å². The molecule has 200 valence electrons. The SMILES string of the molecule is CC(C)Cc1nc(-c2ccc(CN3CCN(C(=O)Cn4cnc5c4c(=O)n(C)c(=O)n5C)CC3)cc2)no1. The molecule has 3 aromatic heterocycles. The summed E-state index contributed by atoms with van der Waals surface area (Å²) in [5.74, 6) is 1.63. The molecule has 12 nitrogen and oxygen atoms in total. The summed E-state index contributed by atoms with van der Waals surface area (Å²) >= 11 is 0. The molecule has 0 spiro atoms. The summed E-state index contributed by atoms with van der Waals surface area (Å²) in [7, 11) is 2.98. The van der Waals surface area contributed by atoms with Crippen molar-refractivity contribution in [2.75, 3.05) is 26.2 Å². The number of amides is 1. The molecule has 0 saturated carbocycles. The van der Waals surface area contributed by atoms with Crippen molar-refractivity contribution in [3.05, 3.63) is 62.9 Å². The number of nitrogens with zero attached hydrogens (tertiary/aromatic N) is 8. The number of aryl methyl sites for hydroxylation is 1. The molecular weight excluding hydrogens is 488 g/mol. The number of hydrogen-bond acceptors (Lipinski definition) is 8. The van der Waals surface area contributed by atoms with Crippen LogP contribution in [0.3, 0.4) is 0 Å². The first-order valence-electron chi connectivity index (χ1n) is 12.7. The molecule has 4 aromatic rings. The Morgan fingerprint density at radius 3 is 2.42 bits per heavy atom. The van der Waals surface area contributed by atoms with Crippen LogP contribution in [0.2, 0.25) is 0 Å². The van der Waals surface area contributed by atoms with Gasteiger partial charge >= 0.3 is 5.69 Å². The van der Waals surface area contributed by atoms with E-state index in [1.807, 2.05) is 17.0 Å². The van der Waals surface area contributed by atoms with Gasteiger partial charge in [0.25, 0.3) is 5.56 Å². The van der Waals surface area contributed by atoms with Crippen LogP contribution in [0, 0.1) is 5.92 Å². The maximum Gasteiger partial charge on any atom is 0.332 e. The Morgan fingerprint density at radius 2 is 1.74 bits per heavy atom. The van der Waals surface area contributed by atoms with Crippen LogP contribution in [-0.4, -0.2) is 70.7 Å². The van der Waals surface area contributed by atoms with Gasteiger partial charge in [0.2, 0.25) is 17.6 Å². The first kappa shape index (κ1) is 25.6. The van der Waals surface area contributed by atoms with Gasteiger partial charge in [0.15, 0.2) is 11.2 Å². The molecule has 1 amide bonds. The molecule has 0 N–H and O–H groups in total. The van der Waals surface area contributed by atoms with Gasteiger partial charge in [-0.2, -0.15) is 4.98 Å². The molecule has 5 rings (SSSR count). The second-order valence-electron chi connectivity index (χ2n) is 10.2. The van der Waals surface area contributed by atoms with E-state index in [9.17, 15) is 14.4 Å². The lowest BCUT2D eigenvalue weighted by atomic mass is 10.1. The summed E-state index contributed by atoms with van der Waals surface area (Å²) < 4.78 is 9.23. The zero-order chi connectivity index (χ0) is 27.0. The zero-order valence-electron chi connectivity index (χ0n) is 22.1. The van der Waals surface area contributed by atoms with E-state index in [0.717, 1.165) is 36.2 Å². The molecule has 0 bridgehead atoms. The average Bonchev–Trinajstić information content (AvgIpc) is 3.54. The van der Waals surface area contributed by atoms with Gasteiger partial charge in [0.05, 0.1) is 6.33 Å². The Hall–Kier alpha value is -4.06. The Morgan fingerprint density at radius 1 is 1.03 bits per heavy atom. The lowest BCUT2D eigenvalue weighted by Crippen LogP contribution is -2.49. The second kappa shape index (κ2) is 10.4. The van der Waals surface area contributed by atoms with Crippen molar-refractivity contribution < 1.29 is 9.32 Å². The molecule has 38 heavy (non-hydrogen) atoms.